The Morgan fingerprint density at radius 1 is 1.00 bits per heavy atom. The Hall–Kier alpha value is -3.75. The van der Waals surface area contributed by atoms with Crippen LogP contribution in [0.1, 0.15) is 11.1 Å². The minimum absolute atomic E-state index is 0.212. The zero-order valence-corrected chi connectivity index (χ0v) is 15.5. The molecule has 1 aliphatic heterocycles. The first-order valence-electron chi connectivity index (χ1n) is 9.12. The van der Waals surface area contributed by atoms with Crippen molar-refractivity contribution in [1.82, 2.24) is 14.6 Å². The molecule has 4 aromatic rings. The first-order valence-corrected chi connectivity index (χ1v) is 9.12. The van der Waals surface area contributed by atoms with Crippen LogP contribution in [0.4, 0.5) is 19.0 Å². The van der Waals surface area contributed by atoms with E-state index in [0.717, 1.165) is 17.7 Å². The number of ether oxygens (including phenoxy) is 2. The number of halogens is 3. The minimum Gasteiger partial charge on any atom is -0.454 e. The molecule has 9 heteroatoms. The fraction of sp³-hybridized carbons (Fsp3) is 0.143. The quantitative estimate of drug-likeness (QED) is 0.524. The normalized spacial score (nSPS) is 13.0. The number of imidazole rings is 1. The van der Waals surface area contributed by atoms with Crippen molar-refractivity contribution in [2.75, 3.05) is 12.1 Å². The second-order valence-corrected chi connectivity index (χ2v) is 6.75. The maximum Gasteiger partial charge on any atom is 0.416 e. The lowest BCUT2D eigenvalue weighted by Crippen LogP contribution is -2.06. The Balaban J connectivity index is 1.42. The minimum atomic E-state index is -4.42. The van der Waals surface area contributed by atoms with E-state index < -0.39 is 11.7 Å². The number of alkyl halides is 3. The molecule has 3 heterocycles. The van der Waals surface area contributed by atoms with E-state index in [4.69, 9.17) is 9.47 Å². The smallest absolute Gasteiger partial charge is 0.416 e. The van der Waals surface area contributed by atoms with Crippen LogP contribution in [0, 0.1) is 0 Å². The highest BCUT2D eigenvalue weighted by molar-refractivity contribution is 5.64. The van der Waals surface area contributed by atoms with E-state index in [0.29, 0.717) is 40.8 Å². The lowest BCUT2D eigenvalue weighted by Gasteiger charge is -2.10. The van der Waals surface area contributed by atoms with Gasteiger partial charge in [0, 0.05) is 12.1 Å². The number of hydrogen-bond donors (Lipinski definition) is 1. The number of rotatable bonds is 4. The average Bonchev–Trinajstić information content (AvgIpc) is 3.38. The molecule has 0 amide bonds. The Kier molecular flexibility index (Phi) is 4.23. The number of anilines is 1. The summed E-state index contributed by atoms with van der Waals surface area (Å²) in [5.41, 5.74) is 1.66. The van der Waals surface area contributed by atoms with Gasteiger partial charge in [-0.25, -0.2) is 9.50 Å². The van der Waals surface area contributed by atoms with Crippen molar-refractivity contribution in [2.24, 2.45) is 0 Å². The van der Waals surface area contributed by atoms with Gasteiger partial charge in [-0.15, -0.1) is 5.10 Å². The van der Waals surface area contributed by atoms with Crippen molar-refractivity contribution in [2.45, 2.75) is 12.7 Å². The summed E-state index contributed by atoms with van der Waals surface area (Å²) in [5, 5.41) is 7.71. The van der Waals surface area contributed by atoms with Crippen molar-refractivity contribution >= 4 is 11.5 Å². The van der Waals surface area contributed by atoms with Gasteiger partial charge in [0.25, 0.3) is 0 Å². The lowest BCUT2D eigenvalue weighted by atomic mass is 10.1. The largest absolute Gasteiger partial charge is 0.454 e. The zero-order valence-electron chi connectivity index (χ0n) is 15.5. The Morgan fingerprint density at radius 3 is 2.73 bits per heavy atom. The van der Waals surface area contributed by atoms with Crippen molar-refractivity contribution < 1.29 is 22.6 Å². The van der Waals surface area contributed by atoms with Crippen molar-refractivity contribution in [3.8, 4) is 22.8 Å². The fourth-order valence-corrected chi connectivity index (χ4v) is 3.26. The van der Waals surface area contributed by atoms with Crippen LogP contribution in [0.2, 0.25) is 0 Å². The molecule has 0 fully saturated rings. The van der Waals surface area contributed by atoms with Gasteiger partial charge in [0.1, 0.15) is 5.82 Å². The zero-order chi connectivity index (χ0) is 20.7. The van der Waals surface area contributed by atoms with E-state index in [1.807, 2.05) is 18.2 Å². The van der Waals surface area contributed by atoms with E-state index in [1.54, 1.807) is 18.2 Å². The van der Waals surface area contributed by atoms with Gasteiger partial charge >= 0.3 is 6.18 Å². The molecule has 2 aromatic heterocycles. The highest BCUT2D eigenvalue weighted by Gasteiger charge is 2.30. The van der Waals surface area contributed by atoms with Crippen LogP contribution in [-0.2, 0) is 12.7 Å². The van der Waals surface area contributed by atoms with Gasteiger partial charge in [0.05, 0.1) is 17.5 Å². The number of benzene rings is 2. The highest BCUT2D eigenvalue weighted by atomic mass is 19.4. The standard InChI is InChI=1S/C21H15F3N4O2/c22-21(23,24)15-3-1-2-14(9-15)16-11-26-20-7-6-19(27-28(16)20)25-10-13-4-5-17-18(8-13)30-12-29-17/h1-9,11H,10,12H2,(H,25,27). The molecule has 2 aromatic carbocycles. The molecule has 0 radical (unpaired) electrons. The number of nitrogens with zero attached hydrogens (tertiary/aromatic N) is 3. The van der Waals surface area contributed by atoms with Gasteiger partial charge in [-0.1, -0.05) is 18.2 Å². The second kappa shape index (κ2) is 6.94. The summed E-state index contributed by atoms with van der Waals surface area (Å²) in [4.78, 5) is 4.25. The van der Waals surface area contributed by atoms with Crippen LogP contribution in [0.3, 0.4) is 0 Å². The van der Waals surface area contributed by atoms with Crippen molar-refractivity contribution in [3.05, 3.63) is 71.9 Å². The van der Waals surface area contributed by atoms with E-state index in [1.165, 1.54) is 16.8 Å². The summed E-state index contributed by atoms with van der Waals surface area (Å²) < 4.78 is 51.4. The summed E-state index contributed by atoms with van der Waals surface area (Å²) in [7, 11) is 0. The molecule has 0 aliphatic carbocycles. The number of fused-ring (bicyclic) bond motifs is 2. The van der Waals surface area contributed by atoms with E-state index in [9.17, 15) is 13.2 Å². The van der Waals surface area contributed by atoms with Crippen LogP contribution in [-0.4, -0.2) is 21.4 Å². The van der Waals surface area contributed by atoms with Crippen LogP contribution in [0.15, 0.2) is 60.8 Å². The molecule has 5 rings (SSSR count). The Bertz CT molecular complexity index is 1240. The van der Waals surface area contributed by atoms with Crippen molar-refractivity contribution in [1.29, 1.82) is 0 Å². The van der Waals surface area contributed by atoms with Crippen LogP contribution in [0.5, 0.6) is 11.5 Å². The molecule has 30 heavy (non-hydrogen) atoms. The topological polar surface area (TPSA) is 60.7 Å². The van der Waals surface area contributed by atoms with Gasteiger partial charge in [-0.05, 0) is 42.0 Å². The number of hydrogen-bond acceptors (Lipinski definition) is 5. The third-order valence-corrected chi connectivity index (χ3v) is 4.76. The summed E-state index contributed by atoms with van der Waals surface area (Å²) >= 11 is 0. The molecule has 1 N–H and O–H groups in total. The van der Waals surface area contributed by atoms with Gasteiger partial charge in [-0.2, -0.15) is 13.2 Å². The first-order chi connectivity index (χ1) is 14.5. The predicted octanol–water partition coefficient (Wildman–Crippen LogP) is 4.76. The monoisotopic (exact) mass is 412 g/mol. The number of aromatic nitrogens is 3. The van der Waals surface area contributed by atoms with Gasteiger partial charge in [0.2, 0.25) is 6.79 Å². The van der Waals surface area contributed by atoms with E-state index in [2.05, 4.69) is 15.4 Å². The molecular formula is C21H15F3N4O2. The molecule has 0 spiro atoms. The third-order valence-electron chi connectivity index (χ3n) is 4.76. The van der Waals surface area contributed by atoms with Gasteiger partial charge < -0.3 is 14.8 Å². The van der Waals surface area contributed by atoms with Crippen LogP contribution in [0.25, 0.3) is 16.9 Å². The lowest BCUT2D eigenvalue weighted by molar-refractivity contribution is -0.137. The van der Waals surface area contributed by atoms with E-state index >= 15 is 0 Å². The second-order valence-electron chi connectivity index (χ2n) is 6.75. The molecule has 152 valence electrons. The Labute approximate surface area is 168 Å². The molecule has 0 saturated carbocycles. The van der Waals surface area contributed by atoms with Crippen LogP contribution >= 0.6 is 0 Å². The maximum absolute atomic E-state index is 13.1. The summed E-state index contributed by atoms with van der Waals surface area (Å²) in [6.07, 6.45) is -2.90. The van der Waals surface area contributed by atoms with Gasteiger partial charge in [-0.3, -0.25) is 0 Å². The van der Waals surface area contributed by atoms with E-state index in [-0.39, 0.29) is 6.79 Å². The number of nitrogens with one attached hydrogen (secondary N) is 1. The first kappa shape index (κ1) is 18.3. The highest BCUT2D eigenvalue weighted by Crippen LogP contribution is 2.33. The molecule has 0 unspecified atom stereocenters. The Morgan fingerprint density at radius 2 is 1.87 bits per heavy atom. The molecule has 1 aliphatic rings. The van der Waals surface area contributed by atoms with Gasteiger partial charge in [0.15, 0.2) is 17.1 Å². The van der Waals surface area contributed by atoms with Crippen molar-refractivity contribution in [3.63, 3.8) is 0 Å². The predicted molar refractivity (Wildman–Crippen MR) is 103 cm³/mol. The maximum atomic E-state index is 13.1. The summed E-state index contributed by atoms with van der Waals surface area (Å²) in [5.74, 6) is 1.97. The molecule has 0 atom stereocenters. The SMILES string of the molecule is FC(F)(F)c1cccc(-c2cnc3ccc(NCc4ccc5c(c4)OCO5)nn23)c1. The summed E-state index contributed by atoms with van der Waals surface area (Å²) in [6.45, 7) is 0.701. The third kappa shape index (κ3) is 3.38. The molecule has 6 nitrogen and oxygen atoms in total. The molecule has 0 bridgehead atoms. The molecule has 0 saturated heterocycles. The average molecular weight is 412 g/mol. The summed E-state index contributed by atoms with van der Waals surface area (Å²) in [6, 6.07) is 14.3. The van der Waals surface area contributed by atoms with Crippen LogP contribution < -0.4 is 14.8 Å². The molecular weight excluding hydrogens is 397 g/mol. The fourth-order valence-electron chi connectivity index (χ4n) is 3.26.